The van der Waals surface area contributed by atoms with Gasteiger partial charge >= 0.3 is 0 Å². The van der Waals surface area contributed by atoms with Gasteiger partial charge in [0.2, 0.25) is 23.6 Å². The number of hydrogen-bond acceptors (Lipinski definition) is 7. The van der Waals surface area contributed by atoms with E-state index in [4.69, 9.17) is 9.47 Å². The van der Waals surface area contributed by atoms with Crippen LogP contribution in [0, 0.1) is 0 Å². The van der Waals surface area contributed by atoms with Crippen LogP contribution >= 0.6 is 0 Å². The fraction of sp³-hybridized carbons (Fsp3) is 0.577. The van der Waals surface area contributed by atoms with E-state index in [1.165, 1.54) is 23.8 Å². The van der Waals surface area contributed by atoms with Gasteiger partial charge in [0.25, 0.3) is 5.91 Å². The molecule has 3 N–H and O–H groups in total. The minimum atomic E-state index is -1.08. The summed E-state index contributed by atoms with van der Waals surface area (Å²) in [5.41, 5.74) is 0.815. The van der Waals surface area contributed by atoms with E-state index in [0.29, 0.717) is 0 Å². The highest BCUT2D eigenvalue weighted by atomic mass is 16.5. The first-order valence-electron chi connectivity index (χ1n) is 12.7. The molecule has 2 bridgehead atoms. The number of amides is 5. The predicted octanol–water partition coefficient (Wildman–Crippen LogP) is -1.17. The summed E-state index contributed by atoms with van der Waals surface area (Å²) in [4.78, 5) is 67.3. The second-order valence-corrected chi connectivity index (χ2v) is 9.88. The van der Waals surface area contributed by atoms with Crippen molar-refractivity contribution in [3.63, 3.8) is 0 Å². The lowest BCUT2D eigenvalue weighted by molar-refractivity contribution is -0.160. The summed E-state index contributed by atoms with van der Waals surface area (Å²) >= 11 is 0. The lowest BCUT2D eigenvalue weighted by atomic mass is 10.0. The molecule has 0 saturated carbocycles. The van der Waals surface area contributed by atoms with Crippen molar-refractivity contribution in [3.8, 4) is 0 Å². The molecule has 12 nitrogen and oxygen atoms in total. The van der Waals surface area contributed by atoms with Crippen molar-refractivity contribution in [2.45, 2.75) is 57.6 Å². The number of nitrogens with zero attached hydrogens (tertiary/aromatic N) is 2. The third kappa shape index (κ3) is 8.25. The number of benzene rings is 1. The number of morpholine rings is 1. The van der Waals surface area contributed by atoms with Crippen LogP contribution < -0.4 is 16.0 Å². The van der Waals surface area contributed by atoms with E-state index in [1.807, 2.05) is 44.2 Å². The van der Waals surface area contributed by atoms with Crippen molar-refractivity contribution in [1.29, 1.82) is 0 Å². The van der Waals surface area contributed by atoms with Gasteiger partial charge < -0.3 is 35.2 Å². The zero-order valence-corrected chi connectivity index (χ0v) is 22.3. The van der Waals surface area contributed by atoms with Crippen LogP contribution in [0.2, 0.25) is 0 Å². The van der Waals surface area contributed by atoms with Crippen LogP contribution in [-0.4, -0.2) is 110 Å². The minimum Gasteiger partial charge on any atom is -0.369 e. The maximum atomic E-state index is 13.4. The highest BCUT2D eigenvalue weighted by Crippen LogP contribution is 2.14. The third-order valence-electron chi connectivity index (χ3n) is 6.28. The molecule has 2 saturated heterocycles. The van der Waals surface area contributed by atoms with Gasteiger partial charge in [-0.05, 0) is 26.3 Å². The Hall–Kier alpha value is -3.51. The Labute approximate surface area is 222 Å². The van der Waals surface area contributed by atoms with Gasteiger partial charge in [-0.15, -0.1) is 0 Å². The van der Waals surface area contributed by atoms with Gasteiger partial charge in [-0.25, -0.2) is 0 Å². The summed E-state index contributed by atoms with van der Waals surface area (Å²) in [6.45, 7) is 4.83. The first-order valence-corrected chi connectivity index (χ1v) is 12.7. The Bertz CT molecular complexity index is 1020. The standard InChI is InChI=1S/C26H37N5O7/c1-16(2)37-15-23(33)31-12-19-11-27-24(34)17(3)28-22(32)14-30(4)26(36)20(10-18-8-6-5-7-9-18)29-25(35)21(13-31)38-19/h5-9,16-17,19-21H,10-15H2,1-4H3,(H,27,34)(H,28,32)(H,29,35)/t17-,19+,20-,21-/m1/s1. The maximum absolute atomic E-state index is 13.4. The first kappa shape index (κ1) is 29.1. The molecule has 0 aromatic heterocycles. The van der Waals surface area contributed by atoms with E-state index < -0.39 is 47.9 Å². The summed E-state index contributed by atoms with van der Waals surface area (Å²) in [5.74, 6) is -2.33. The SMILES string of the molecule is CC(C)OCC(=O)N1C[C@@H]2CNC(=O)[C@@H](C)NC(=O)CN(C)C(=O)[C@@H](Cc3ccccc3)NC(=O)[C@@H](C1)O2. The lowest BCUT2D eigenvalue weighted by Gasteiger charge is -2.38. The van der Waals surface area contributed by atoms with Gasteiger partial charge in [-0.2, -0.15) is 0 Å². The second-order valence-electron chi connectivity index (χ2n) is 9.88. The smallest absolute Gasteiger partial charge is 0.251 e. The lowest BCUT2D eigenvalue weighted by Crippen LogP contribution is -2.60. The fourth-order valence-electron chi connectivity index (χ4n) is 4.22. The van der Waals surface area contributed by atoms with Crippen LogP contribution in [0.4, 0.5) is 0 Å². The maximum Gasteiger partial charge on any atom is 0.251 e. The normalized spacial score (nSPS) is 25.7. The van der Waals surface area contributed by atoms with Crippen LogP contribution in [-0.2, 0) is 39.9 Å². The van der Waals surface area contributed by atoms with Gasteiger partial charge in [0, 0.05) is 26.6 Å². The van der Waals surface area contributed by atoms with E-state index in [9.17, 15) is 24.0 Å². The molecule has 38 heavy (non-hydrogen) atoms. The number of fused-ring (bicyclic) bond motifs is 2. The highest BCUT2D eigenvalue weighted by Gasteiger charge is 2.37. The van der Waals surface area contributed by atoms with Crippen LogP contribution in [0.25, 0.3) is 0 Å². The van der Waals surface area contributed by atoms with Crippen molar-refractivity contribution < 1.29 is 33.4 Å². The molecule has 1 aromatic carbocycles. The van der Waals surface area contributed by atoms with Gasteiger partial charge in [-0.3, -0.25) is 24.0 Å². The summed E-state index contributed by atoms with van der Waals surface area (Å²) in [5, 5.41) is 8.05. The predicted molar refractivity (Wildman–Crippen MR) is 137 cm³/mol. The molecule has 2 fully saturated rings. The van der Waals surface area contributed by atoms with E-state index in [0.717, 1.165) is 5.56 Å². The van der Waals surface area contributed by atoms with Crippen molar-refractivity contribution in [2.75, 3.05) is 39.8 Å². The largest absolute Gasteiger partial charge is 0.369 e. The number of ether oxygens (including phenoxy) is 2. The van der Waals surface area contributed by atoms with Crippen molar-refractivity contribution in [2.24, 2.45) is 0 Å². The molecule has 208 valence electrons. The molecule has 3 rings (SSSR count). The summed E-state index contributed by atoms with van der Waals surface area (Å²) in [6.07, 6.45) is -1.73. The zero-order valence-electron chi connectivity index (χ0n) is 22.3. The van der Waals surface area contributed by atoms with Crippen molar-refractivity contribution in [1.82, 2.24) is 25.8 Å². The van der Waals surface area contributed by atoms with Gasteiger partial charge in [0.1, 0.15) is 18.7 Å². The van der Waals surface area contributed by atoms with Gasteiger partial charge in [-0.1, -0.05) is 30.3 Å². The average molecular weight is 532 g/mol. The van der Waals surface area contributed by atoms with Gasteiger partial charge in [0.05, 0.1) is 25.3 Å². The fourth-order valence-corrected chi connectivity index (χ4v) is 4.22. The average Bonchev–Trinajstić information content (AvgIpc) is 2.89. The zero-order chi connectivity index (χ0) is 27.8. The van der Waals surface area contributed by atoms with Crippen LogP contribution in [0.1, 0.15) is 26.3 Å². The highest BCUT2D eigenvalue weighted by molar-refractivity contribution is 5.93. The molecule has 5 amide bonds. The van der Waals surface area contributed by atoms with E-state index in [1.54, 1.807) is 0 Å². The molecule has 0 unspecified atom stereocenters. The molecule has 12 heteroatoms. The minimum absolute atomic E-state index is 0.0178. The van der Waals surface area contributed by atoms with Crippen molar-refractivity contribution in [3.05, 3.63) is 35.9 Å². The number of nitrogens with one attached hydrogen (secondary N) is 3. The number of rotatable bonds is 5. The topological polar surface area (TPSA) is 146 Å². The van der Waals surface area contributed by atoms with E-state index in [-0.39, 0.29) is 51.2 Å². The molecular formula is C26H37N5O7. The monoisotopic (exact) mass is 531 g/mol. The Morgan fingerprint density at radius 1 is 1.08 bits per heavy atom. The molecule has 2 aliphatic rings. The van der Waals surface area contributed by atoms with Crippen LogP contribution in [0.15, 0.2) is 30.3 Å². The molecule has 2 heterocycles. The van der Waals surface area contributed by atoms with Crippen molar-refractivity contribution >= 4 is 29.5 Å². The molecular weight excluding hydrogens is 494 g/mol. The number of carbonyl (C=O) groups excluding carboxylic acids is 5. The molecule has 0 aliphatic carbocycles. The molecule has 2 aliphatic heterocycles. The molecule has 4 atom stereocenters. The summed E-state index contributed by atoms with van der Waals surface area (Å²) in [7, 11) is 1.46. The quantitative estimate of drug-likeness (QED) is 0.434. The second kappa shape index (κ2) is 13.3. The summed E-state index contributed by atoms with van der Waals surface area (Å²) in [6, 6.07) is 7.32. The third-order valence-corrected chi connectivity index (χ3v) is 6.28. The molecule has 0 spiro atoms. The molecule has 1 aromatic rings. The number of likely N-dealkylation sites (N-methyl/N-ethyl adjacent to an activating group) is 1. The Balaban J connectivity index is 1.88. The first-order chi connectivity index (χ1) is 18.0. The Morgan fingerprint density at radius 2 is 1.79 bits per heavy atom. The summed E-state index contributed by atoms with van der Waals surface area (Å²) < 4.78 is 11.4. The Morgan fingerprint density at radius 3 is 2.47 bits per heavy atom. The molecule has 0 radical (unpaired) electrons. The number of hydrogen-bond donors (Lipinski definition) is 3. The van der Waals surface area contributed by atoms with E-state index in [2.05, 4.69) is 16.0 Å². The van der Waals surface area contributed by atoms with Crippen LogP contribution in [0.5, 0.6) is 0 Å². The van der Waals surface area contributed by atoms with E-state index >= 15 is 0 Å². The van der Waals surface area contributed by atoms with Crippen LogP contribution in [0.3, 0.4) is 0 Å². The Kier molecular flexibility index (Phi) is 10.2. The van der Waals surface area contributed by atoms with Gasteiger partial charge in [0.15, 0.2) is 6.10 Å². The number of carbonyl (C=O) groups is 5.